The predicted octanol–water partition coefficient (Wildman–Crippen LogP) is 5.21. The first-order valence-electron chi connectivity index (χ1n) is 7.93. The molecule has 3 aromatic rings. The van der Waals surface area contributed by atoms with Crippen LogP contribution in [0.5, 0.6) is 0 Å². The highest BCUT2D eigenvalue weighted by atomic mass is 35.5. The number of carbonyl (C=O) groups is 1. The van der Waals surface area contributed by atoms with Gasteiger partial charge in [0.2, 0.25) is 0 Å². The lowest BCUT2D eigenvalue weighted by molar-refractivity contribution is 0.102. The first-order valence-corrected chi connectivity index (χ1v) is 8.68. The van der Waals surface area contributed by atoms with E-state index in [0.717, 1.165) is 5.56 Å². The van der Waals surface area contributed by atoms with Crippen LogP contribution in [0, 0.1) is 0 Å². The van der Waals surface area contributed by atoms with Crippen molar-refractivity contribution in [3.05, 3.63) is 82.2 Å². The summed E-state index contributed by atoms with van der Waals surface area (Å²) in [5.41, 5.74) is 1.73. The van der Waals surface area contributed by atoms with Gasteiger partial charge in [-0.2, -0.15) is 0 Å². The zero-order valence-corrected chi connectivity index (χ0v) is 15.4. The third-order valence-electron chi connectivity index (χ3n) is 3.73. The number of aromatic nitrogens is 2. The summed E-state index contributed by atoms with van der Waals surface area (Å²) >= 11 is 12.0. The summed E-state index contributed by atoms with van der Waals surface area (Å²) in [4.78, 5) is 20.7. The molecule has 2 N–H and O–H groups in total. The Labute approximate surface area is 161 Å². The minimum absolute atomic E-state index is 0.0652. The number of hydrogen-bond acceptors (Lipinski definition) is 4. The van der Waals surface area contributed by atoms with Crippen LogP contribution in [0.15, 0.2) is 60.9 Å². The number of anilines is 2. The molecule has 0 radical (unpaired) electrons. The quantitative estimate of drug-likeness (QED) is 0.631. The van der Waals surface area contributed by atoms with E-state index in [1.165, 1.54) is 12.4 Å². The predicted molar refractivity (Wildman–Crippen MR) is 105 cm³/mol. The van der Waals surface area contributed by atoms with E-state index in [0.29, 0.717) is 21.6 Å². The van der Waals surface area contributed by atoms with Gasteiger partial charge in [0.1, 0.15) is 11.5 Å². The van der Waals surface area contributed by atoms with Crippen molar-refractivity contribution in [1.82, 2.24) is 9.97 Å². The van der Waals surface area contributed by atoms with E-state index in [1.54, 1.807) is 18.2 Å². The van der Waals surface area contributed by atoms with Gasteiger partial charge >= 0.3 is 0 Å². The molecule has 0 saturated carbocycles. The molecule has 0 bridgehead atoms. The molecular formula is C19H16Cl2N4O. The Kier molecular flexibility index (Phi) is 5.71. The largest absolute Gasteiger partial charge is 0.362 e. The Bertz CT molecular complexity index is 901. The number of nitrogens with zero attached hydrogens (tertiary/aromatic N) is 2. The minimum Gasteiger partial charge on any atom is -0.362 e. The molecule has 3 rings (SSSR count). The zero-order chi connectivity index (χ0) is 18.5. The summed E-state index contributed by atoms with van der Waals surface area (Å²) in [6.07, 6.45) is 2.93. The van der Waals surface area contributed by atoms with Gasteiger partial charge in [0.15, 0.2) is 0 Å². The molecule has 7 heteroatoms. The van der Waals surface area contributed by atoms with Crippen molar-refractivity contribution < 1.29 is 4.79 Å². The third kappa shape index (κ3) is 4.50. The number of hydrogen-bond donors (Lipinski definition) is 2. The summed E-state index contributed by atoms with van der Waals surface area (Å²) in [6, 6.07) is 14.9. The van der Waals surface area contributed by atoms with Crippen molar-refractivity contribution in [3.63, 3.8) is 0 Å². The van der Waals surface area contributed by atoms with E-state index in [4.69, 9.17) is 23.2 Å². The standard InChI is InChI=1S/C19H16Cl2N4O/c1-12(13-5-3-2-4-6-13)24-18-11-22-17(10-23-18)19(26)25-16-9-14(20)7-8-15(16)21/h2-12H,1H3,(H,23,24)(H,25,26). The van der Waals surface area contributed by atoms with Gasteiger partial charge in [-0.1, -0.05) is 53.5 Å². The maximum absolute atomic E-state index is 12.3. The highest BCUT2D eigenvalue weighted by molar-refractivity contribution is 6.35. The lowest BCUT2D eigenvalue weighted by atomic mass is 10.1. The fraction of sp³-hybridized carbons (Fsp3) is 0.105. The molecule has 1 unspecified atom stereocenters. The highest BCUT2D eigenvalue weighted by Crippen LogP contribution is 2.25. The topological polar surface area (TPSA) is 66.9 Å². The molecule has 0 aliphatic rings. The maximum atomic E-state index is 12.3. The van der Waals surface area contributed by atoms with E-state index in [1.807, 2.05) is 37.3 Å². The SMILES string of the molecule is CC(Nc1cnc(C(=O)Nc2cc(Cl)ccc2Cl)cn1)c1ccccc1. The van der Waals surface area contributed by atoms with Crippen LogP contribution in [0.25, 0.3) is 0 Å². The van der Waals surface area contributed by atoms with Gasteiger partial charge in [-0.15, -0.1) is 0 Å². The van der Waals surface area contributed by atoms with E-state index in [-0.39, 0.29) is 11.7 Å². The Morgan fingerprint density at radius 2 is 1.81 bits per heavy atom. The molecule has 1 heterocycles. The van der Waals surface area contributed by atoms with Crippen molar-refractivity contribution >= 4 is 40.6 Å². The average Bonchev–Trinajstić information content (AvgIpc) is 2.66. The molecule has 1 aromatic heterocycles. The first-order chi connectivity index (χ1) is 12.5. The van der Waals surface area contributed by atoms with Crippen molar-refractivity contribution in [2.45, 2.75) is 13.0 Å². The Morgan fingerprint density at radius 3 is 2.50 bits per heavy atom. The van der Waals surface area contributed by atoms with Gasteiger partial charge in [-0.25, -0.2) is 9.97 Å². The van der Waals surface area contributed by atoms with Crippen molar-refractivity contribution in [2.75, 3.05) is 10.6 Å². The number of halogens is 2. The number of rotatable bonds is 5. The van der Waals surface area contributed by atoms with Crippen LogP contribution in [0.3, 0.4) is 0 Å². The Balaban J connectivity index is 1.67. The monoisotopic (exact) mass is 386 g/mol. The molecule has 1 atom stereocenters. The number of carbonyl (C=O) groups excluding carboxylic acids is 1. The van der Waals surface area contributed by atoms with Crippen molar-refractivity contribution in [1.29, 1.82) is 0 Å². The molecule has 0 aliphatic carbocycles. The molecule has 26 heavy (non-hydrogen) atoms. The van der Waals surface area contributed by atoms with Crippen molar-refractivity contribution in [2.24, 2.45) is 0 Å². The van der Waals surface area contributed by atoms with Gasteiger partial charge < -0.3 is 10.6 Å². The fourth-order valence-electron chi connectivity index (χ4n) is 2.35. The van der Waals surface area contributed by atoms with Crippen LogP contribution in [0.4, 0.5) is 11.5 Å². The molecule has 0 saturated heterocycles. The molecule has 5 nitrogen and oxygen atoms in total. The van der Waals surface area contributed by atoms with Crippen LogP contribution in [-0.2, 0) is 0 Å². The Hall–Kier alpha value is -2.63. The molecule has 1 amide bonds. The van der Waals surface area contributed by atoms with Crippen LogP contribution in [0.1, 0.15) is 29.0 Å². The summed E-state index contributed by atoms with van der Waals surface area (Å²) in [5, 5.41) is 6.79. The zero-order valence-electron chi connectivity index (χ0n) is 13.9. The maximum Gasteiger partial charge on any atom is 0.275 e. The van der Waals surface area contributed by atoms with E-state index in [2.05, 4.69) is 20.6 Å². The summed E-state index contributed by atoms with van der Waals surface area (Å²) in [6.45, 7) is 2.03. The van der Waals surface area contributed by atoms with Gasteiger partial charge in [-0.05, 0) is 30.7 Å². The van der Waals surface area contributed by atoms with Gasteiger partial charge in [0.25, 0.3) is 5.91 Å². The van der Waals surface area contributed by atoms with Gasteiger partial charge in [0.05, 0.1) is 23.1 Å². The van der Waals surface area contributed by atoms with Crippen LogP contribution in [-0.4, -0.2) is 15.9 Å². The van der Waals surface area contributed by atoms with E-state index in [9.17, 15) is 4.79 Å². The summed E-state index contributed by atoms with van der Waals surface area (Å²) in [5.74, 6) is 0.169. The smallest absolute Gasteiger partial charge is 0.275 e. The normalized spacial score (nSPS) is 11.7. The second-order valence-corrected chi connectivity index (χ2v) is 6.49. The third-order valence-corrected chi connectivity index (χ3v) is 4.29. The summed E-state index contributed by atoms with van der Waals surface area (Å²) in [7, 11) is 0. The average molecular weight is 387 g/mol. The summed E-state index contributed by atoms with van der Waals surface area (Å²) < 4.78 is 0. The minimum atomic E-state index is -0.413. The number of amides is 1. The molecule has 0 fully saturated rings. The molecule has 132 valence electrons. The second-order valence-electron chi connectivity index (χ2n) is 5.64. The lowest BCUT2D eigenvalue weighted by Crippen LogP contribution is -2.15. The number of benzene rings is 2. The molecular weight excluding hydrogens is 371 g/mol. The molecule has 2 aromatic carbocycles. The van der Waals surface area contributed by atoms with Crippen molar-refractivity contribution in [3.8, 4) is 0 Å². The Morgan fingerprint density at radius 1 is 1.04 bits per heavy atom. The molecule has 0 spiro atoms. The number of nitrogens with one attached hydrogen (secondary N) is 2. The lowest BCUT2D eigenvalue weighted by Gasteiger charge is -2.14. The second kappa shape index (κ2) is 8.17. The molecule has 0 aliphatic heterocycles. The van der Waals surface area contributed by atoms with Crippen LogP contribution < -0.4 is 10.6 Å². The van der Waals surface area contributed by atoms with Crippen LogP contribution >= 0.6 is 23.2 Å². The van der Waals surface area contributed by atoms with E-state index >= 15 is 0 Å². The highest BCUT2D eigenvalue weighted by Gasteiger charge is 2.12. The van der Waals surface area contributed by atoms with Crippen LogP contribution in [0.2, 0.25) is 10.0 Å². The van der Waals surface area contributed by atoms with Gasteiger partial charge in [0, 0.05) is 11.1 Å². The fourth-order valence-corrected chi connectivity index (χ4v) is 2.68. The van der Waals surface area contributed by atoms with Gasteiger partial charge in [-0.3, -0.25) is 4.79 Å². The van der Waals surface area contributed by atoms with E-state index < -0.39 is 5.91 Å². The first kappa shape index (κ1) is 18.2.